The molecule has 0 aliphatic rings. The van der Waals surface area contributed by atoms with Crippen LogP contribution in [-0.4, -0.2) is 40.1 Å². The van der Waals surface area contributed by atoms with Crippen molar-refractivity contribution in [2.45, 2.75) is 6.54 Å². The SMILES string of the molecule is COc1ccc(CNC(=O)c2nnn(-c3ccccc3F)c2-c2cccnc2)c(OC)c1. The van der Waals surface area contributed by atoms with Crippen molar-refractivity contribution in [1.29, 1.82) is 0 Å². The maximum atomic E-state index is 14.5. The number of nitrogens with one attached hydrogen (secondary N) is 1. The van der Waals surface area contributed by atoms with Crippen LogP contribution in [-0.2, 0) is 6.54 Å². The Bertz CT molecular complexity index is 1240. The van der Waals surface area contributed by atoms with Crippen LogP contribution in [0.5, 0.6) is 11.5 Å². The van der Waals surface area contributed by atoms with Gasteiger partial charge in [0, 0.05) is 36.1 Å². The van der Waals surface area contributed by atoms with Crippen molar-refractivity contribution in [2.24, 2.45) is 0 Å². The molecule has 0 saturated heterocycles. The summed E-state index contributed by atoms with van der Waals surface area (Å²) in [5.41, 5.74) is 1.89. The normalized spacial score (nSPS) is 10.6. The van der Waals surface area contributed by atoms with Gasteiger partial charge in [0.25, 0.3) is 5.91 Å². The summed E-state index contributed by atoms with van der Waals surface area (Å²) >= 11 is 0. The smallest absolute Gasteiger partial charge is 0.274 e. The van der Waals surface area contributed by atoms with Crippen LogP contribution in [0.15, 0.2) is 67.0 Å². The lowest BCUT2D eigenvalue weighted by Crippen LogP contribution is -2.24. The monoisotopic (exact) mass is 433 g/mol. The number of pyridine rings is 1. The fourth-order valence-electron chi connectivity index (χ4n) is 3.25. The van der Waals surface area contributed by atoms with Crippen LogP contribution in [0.3, 0.4) is 0 Å². The molecule has 8 nitrogen and oxygen atoms in total. The van der Waals surface area contributed by atoms with Gasteiger partial charge >= 0.3 is 0 Å². The molecular weight excluding hydrogens is 413 g/mol. The summed E-state index contributed by atoms with van der Waals surface area (Å²) in [5.74, 6) is 0.262. The molecule has 0 bridgehead atoms. The lowest BCUT2D eigenvalue weighted by atomic mass is 10.1. The van der Waals surface area contributed by atoms with Gasteiger partial charge in [0.15, 0.2) is 5.69 Å². The van der Waals surface area contributed by atoms with Gasteiger partial charge in [0.2, 0.25) is 0 Å². The number of para-hydroxylation sites is 1. The fourth-order valence-corrected chi connectivity index (χ4v) is 3.25. The molecule has 0 fully saturated rings. The minimum atomic E-state index is -0.488. The third-order valence-electron chi connectivity index (χ3n) is 4.83. The molecule has 162 valence electrons. The molecule has 0 spiro atoms. The largest absolute Gasteiger partial charge is 0.497 e. The van der Waals surface area contributed by atoms with E-state index in [1.165, 1.54) is 10.7 Å². The predicted octanol–water partition coefficient (Wildman–Crippen LogP) is 3.42. The third kappa shape index (κ3) is 4.13. The molecule has 0 aliphatic carbocycles. The van der Waals surface area contributed by atoms with Gasteiger partial charge in [0.05, 0.1) is 14.2 Å². The van der Waals surface area contributed by atoms with E-state index in [-0.39, 0.29) is 17.9 Å². The number of benzene rings is 2. The van der Waals surface area contributed by atoms with Crippen molar-refractivity contribution >= 4 is 5.91 Å². The maximum absolute atomic E-state index is 14.5. The summed E-state index contributed by atoms with van der Waals surface area (Å²) in [4.78, 5) is 17.2. The number of carbonyl (C=O) groups excluding carboxylic acids is 1. The highest BCUT2D eigenvalue weighted by atomic mass is 19.1. The first-order chi connectivity index (χ1) is 15.6. The lowest BCUT2D eigenvalue weighted by Gasteiger charge is -2.12. The maximum Gasteiger partial charge on any atom is 0.274 e. The van der Waals surface area contributed by atoms with E-state index in [2.05, 4.69) is 20.6 Å². The Morgan fingerprint density at radius 3 is 2.66 bits per heavy atom. The highest BCUT2D eigenvalue weighted by molar-refractivity contribution is 5.98. The second-order valence-electron chi connectivity index (χ2n) is 6.75. The van der Waals surface area contributed by atoms with Gasteiger partial charge < -0.3 is 14.8 Å². The summed E-state index contributed by atoms with van der Waals surface area (Å²) in [5, 5.41) is 10.9. The predicted molar refractivity (Wildman–Crippen MR) is 115 cm³/mol. The number of carbonyl (C=O) groups is 1. The Labute approximate surface area is 183 Å². The third-order valence-corrected chi connectivity index (χ3v) is 4.83. The first-order valence-corrected chi connectivity index (χ1v) is 9.72. The minimum Gasteiger partial charge on any atom is -0.497 e. The molecule has 1 amide bonds. The molecule has 9 heteroatoms. The number of hydrogen-bond acceptors (Lipinski definition) is 6. The molecular formula is C23H20FN5O3. The van der Waals surface area contributed by atoms with Crippen LogP contribution in [0, 0.1) is 5.82 Å². The van der Waals surface area contributed by atoms with E-state index in [4.69, 9.17) is 9.47 Å². The lowest BCUT2D eigenvalue weighted by molar-refractivity contribution is 0.0946. The van der Waals surface area contributed by atoms with Crippen molar-refractivity contribution in [1.82, 2.24) is 25.3 Å². The van der Waals surface area contributed by atoms with Gasteiger partial charge in [-0.1, -0.05) is 17.3 Å². The van der Waals surface area contributed by atoms with Crippen molar-refractivity contribution in [3.63, 3.8) is 0 Å². The highest BCUT2D eigenvalue weighted by Gasteiger charge is 2.23. The zero-order valence-electron chi connectivity index (χ0n) is 17.4. The van der Waals surface area contributed by atoms with E-state index >= 15 is 0 Å². The van der Waals surface area contributed by atoms with Crippen molar-refractivity contribution in [3.8, 4) is 28.4 Å². The molecule has 0 atom stereocenters. The van der Waals surface area contributed by atoms with Gasteiger partial charge in [-0.15, -0.1) is 5.10 Å². The summed E-state index contributed by atoms with van der Waals surface area (Å²) in [6.45, 7) is 0.186. The van der Waals surface area contributed by atoms with E-state index in [1.807, 2.05) is 0 Å². The summed E-state index contributed by atoms with van der Waals surface area (Å²) < 4.78 is 26.3. The molecule has 4 rings (SSSR count). The molecule has 0 saturated carbocycles. The van der Waals surface area contributed by atoms with Crippen LogP contribution < -0.4 is 14.8 Å². The number of ether oxygens (including phenoxy) is 2. The quantitative estimate of drug-likeness (QED) is 0.480. The molecule has 1 N–H and O–H groups in total. The fraction of sp³-hybridized carbons (Fsp3) is 0.130. The number of nitrogens with zero attached hydrogens (tertiary/aromatic N) is 4. The number of aromatic nitrogens is 4. The Balaban J connectivity index is 1.68. The first kappa shape index (κ1) is 21.0. The second kappa shape index (κ2) is 9.25. The van der Waals surface area contributed by atoms with Gasteiger partial charge in [0.1, 0.15) is 28.7 Å². The Morgan fingerprint density at radius 2 is 1.94 bits per heavy atom. The van der Waals surface area contributed by atoms with Crippen molar-refractivity contribution < 1.29 is 18.7 Å². The number of rotatable bonds is 7. The number of methoxy groups -OCH3 is 2. The zero-order valence-corrected chi connectivity index (χ0v) is 17.4. The molecule has 4 aromatic rings. The second-order valence-corrected chi connectivity index (χ2v) is 6.75. The summed E-state index contributed by atoms with van der Waals surface area (Å²) in [6.07, 6.45) is 3.18. The van der Waals surface area contributed by atoms with Crippen LogP contribution in [0.1, 0.15) is 16.1 Å². The molecule has 32 heavy (non-hydrogen) atoms. The van der Waals surface area contributed by atoms with Crippen LogP contribution in [0.4, 0.5) is 4.39 Å². The Morgan fingerprint density at radius 1 is 1.09 bits per heavy atom. The Hall–Kier alpha value is -4.27. The average molecular weight is 433 g/mol. The topological polar surface area (TPSA) is 91.2 Å². The molecule has 2 aromatic carbocycles. The molecule has 2 heterocycles. The number of hydrogen-bond donors (Lipinski definition) is 1. The first-order valence-electron chi connectivity index (χ1n) is 9.72. The van der Waals surface area contributed by atoms with Crippen molar-refractivity contribution in [3.05, 3.63) is 84.1 Å². The van der Waals surface area contributed by atoms with Crippen LogP contribution in [0.25, 0.3) is 16.9 Å². The van der Waals surface area contributed by atoms with Crippen molar-refractivity contribution in [2.75, 3.05) is 14.2 Å². The minimum absolute atomic E-state index is 0.0498. The van der Waals surface area contributed by atoms with Gasteiger partial charge in [-0.2, -0.15) is 0 Å². The summed E-state index contributed by atoms with van der Waals surface area (Å²) in [7, 11) is 3.11. The molecule has 0 aliphatic heterocycles. The van der Waals surface area contributed by atoms with Crippen LogP contribution in [0.2, 0.25) is 0 Å². The summed E-state index contributed by atoms with van der Waals surface area (Å²) in [6, 6.07) is 14.9. The standard InChI is InChI=1S/C23H20FN5O3/c1-31-17-10-9-15(20(12-17)32-2)14-26-23(30)21-22(16-6-5-11-25-13-16)29(28-27-21)19-8-4-3-7-18(19)24/h3-13H,14H2,1-2H3,(H,26,30). The van der Waals surface area contributed by atoms with E-state index < -0.39 is 11.7 Å². The van der Waals surface area contributed by atoms with E-state index in [1.54, 1.807) is 75.1 Å². The Kier molecular flexibility index (Phi) is 6.07. The van der Waals surface area contributed by atoms with E-state index in [0.29, 0.717) is 22.8 Å². The van der Waals surface area contributed by atoms with E-state index in [9.17, 15) is 9.18 Å². The van der Waals surface area contributed by atoms with E-state index in [0.717, 1.165) is 5.56 Å². The average Bonchev–Trinajstić information content (AvgIpc) is 3.28. The van der Waals surface area contributed by atoms with Crippen LogP contribution >= 0.6 is 0 Å². The van der Waals surface area contributed by atoms with Gasteiger partial charge in [-0.3, -0.25) is 9.78 Å². The molecule has 0 radical (unpaired) electrons. The molecule has 0 unspecified atom stereocenters. The number of halogens is 1. The number of amides is 1. The van der Waals surface area contributed by atoms with Gasteiger partial charge in [-0.25, -0.2) is 9.07 Å². The van der Waals surface area contributed by atoms with Gasteiger partial charge in [-0.05, 0) is 36.4 Å². The highest BCUT2D eigenvalue weighted by Crippen LogP contribution is 2.27. The molecule has 2 aromatic heterocycles. The zero-order chi connectivity index (χ0) is 22.5.